The van der Waals surface area contributed by atoms with Crippen LogP contribution < -0.4 is 5.32 Å². The Morgan fingerprint density at radius 3 is 2.65 bits per heavy atom. The highest BCUT2D eigenvalue weighted by molar-refractivity contribution is 5.18. The molecule has 0 saturated heterocycles. The number of nitrogens with one attached hydrogen (secondary N) is 1. The molecule has 1 atom stereocenters. The zero-order valence-electron chi connectivity index (χ0n) is 12.5. The molecule has 1 aromatic heterocycles. The summed E-state index contributed by atoms with van der Waals surface area (Å²) in [6.45, 7) is 3.18. The summed E-state index contributed by atoms with van der Waals surface area (Å²) in [6, 6.07) is 11.2. The first-order valence-electron chi connectivity index (χ1n) is 7.55. The third kappa shape index (κ3) is 4.20. The van der Waals surface area contributed by atoms with Gasteiger partial charge in [0, 0.05) is 31.9 Å². The molecule has 0 bridgehead atoms. The standard InChI is InChI=1S/C17H25N3/c1-3-18-16(15-9-5-4-6-10-15)11-7-8-12-17-19-13-14-20(17)2/h4-6,9-10,13-14,16,18H,3,7-8,11-12H2,1-2H3. The smallest absolute Gasteiger partial charge is 0.108 e. The SMILES string of the molecule is CCNC(CCCCc1nccn1C)c1ccccc1. The van der Waals surface area contributed by atoms with Crippen LogP contribution in [-0.2, 0) is 13.5 Å². The van der Waals surface area contributed by atoms with E-state index in [9.17, 15) is 0 Å². The van der Waals surface area contributed by atoms with Crippen molar-refractivity contribution in [2.24, 2.45) is 7.05 Å². The van der Waals surface area contributed by atoms with Crippen molar-refractivity contribution in [1.29, 1.82) is 0 Å². The predicted molar refractivity (Wildman–Crippen MR) is 83.6 cm³/mol. The van der Waals surface area contributed by atoms with E-state index in [2.05, 4.69) is 59.2 Å². The van der Waals surface area contributed by atoms with E-state index in [1.165, 1.54) is 30.7 Å². The van der Waals surface area contributed by atoms with E-state index in [0.29, 0.717) is 6.04 Å². The summed E-state index contributed by atoms with van der Waals surface area (Å²) in [5.41, 5.74) is 1.39. The molecule has 3 heteroatoms. The van der Waals surface area contributed by atoms with Crippen LogP contribution >= 0.6 is 0 Å². The van der Waals surface area contributed by atoms with Gasteiger partial charge in [-0.05, 0) is 24.9 Å². The molecule has 1 aromatic carbocycles. The highest BCUT2D eigenvalue weighted by Gasteiger charge is 2.09. The summed E-state index contributed by atoms with van der Waals surface area (Å²) < 4.78 is 2.11. The fourth-order valence-corrected chi connectivity index (χ4v) is 2.59. The van der Waals surface area contributed by atoms with E-state index in [1.807, 2.05) is 12.4 Å². The third-order valence-corrected chi connectivity index (χ3v) is 3.72. The van der Waals surface area contributed by atoms with Crippen molar-refractivity contribution in [1.82, 2.24) is 14.9 Å². The molecule has 1 heterocycles. The molecule has 0 aliphatic carbocycles. The van der Waals surface area contributed by atoms with Crippen molar-refractivity contribution in [2.45, 2.75) is 38.6 Å². The maximum Gasteiger partial charge on any atom is 0.108 e. The molecule has 0 aliphatic rings. The maximum absolute atomic E-state index is 4.37. The summed E-state index contributed by atoms with van der Waals surface area (Å²) in [5.74, 6) is 1.18. The van der Waals surface area contributed by atoms with Crippen molar-refractivity contribution in [3.8, 4) is 0 Å². The molecule has 0 radical (unpaired) electrons. The van der Waals surface area contributed by atoms with Crippen molar-refractivity contribution < 1.29 is 0 Å². The summed E-state index contributed by atoms with van der Waals surface area (Å²) in [6.07, 6.45) is 8.56. The number of unbranched alkanes of at least 4 members (excludes halogenated alkanes) is 1. The van der Waals surface area contributed by atoms with Gasteiger partial charge in [-0.1, -0.05) is 43.7 Å². The van der Waals surface area contributed by atoms with Gasteiger partial charge >= 0.3 is 0 Å². The van der Waals surface area contributed by atoms with E-state index >= 15 is 0 Å². The van der Waals surface area contributed by atoms with E-state index < -0.39 is 0 Å². The Morgan fingerprint density at radius 1 is 1.20 bits per heavy atom. The zero-order valence-corrected chi connectivity index (χ0v) is 12.5. The van der Waals surface area contributed by atoms with Gasteiger partial charge in [0.2, 0.25) is 0 Å². The van der Waals surface area contributed by atoms with E-state index in [-0.39, 0.29) is 0 Å². The number of aryl methyl sites for hydroxylation is 2. The average Bonchev–Trinajstić information content (AvgIpc) is 2.89. The molecule has 2 rings (SSSR count). The van der Waals surface area contributed by atoms with Gasteiger partial charge < -0.3 is 9.88 Å². The van der Waals surface area contributed by atoms with Gasteiger partial charge in [0.1, 0.15) is 5.82 Å². The minimum atomic E-state index is 0.475. The normalized spacial score (nSPS) is 12.5. The van der Waals surface area contributed by atoms with Crippen LogP contribution in [0.25, 0.3) is 0 Å². The van der Waals surface area contributed by atoms with Gasteiger partial charge in [-0.15, -0.1) is 0 Å². The maximum atomic E-state index is 4.37. The predicted octanol–water partition coefficient (Wildman–Crippen LogP) is 3.48. The van der Waals surface area contributed by atoms with Gasteiger partial charge in [-0.3, -0.25) is 0 Å². The molecule has 0 fully saturated rings. The van der Waals surface area contributed by atoms with E-state index in [4.69, 9.17) is 0 Å². The fraction of sp³-hybridized carbons (Fsp3) is 0.471. The van der Waals surface area contributed by atoms with Crippen molar-refractivity contribution in [3.63, 3.8) is 0 Å². The number of hydrogen-bond acceptors (Lipinski definition) is 2. The average molecular weight is 271 g/mol. The summed E-state index contributed by atoms with van der Waals surface area (Å²) >= 11 is 0. The fourth-order valence-electron chi connectivity index (χ4n) is 2.59. The summed E-state index contributed by atoms with van der Waals surface area (Å²) in [7, 11) is 2.06. The second-order valence-corrected chi connectivity index (χ2v) is 5.22. The van der Waals surface area contributed by atoms with Crippen LogP contribution in [0.3, 0.4) is 0 Å². The highest BCUT2D eigenvalue weighted by atomic mass is 15.0. The van der Waals surface area contributed by atoms with Crippen LogP contribution in [0.4, 0.5) is 0 Å². The molecular formula is C17H25N3. The lowest BCUT2D eigenvalue weighted by atomic mass is 10.0. The minimum absolute atomic E-state index is 0.475. The van der Waals surface area contributed by atoms with Crippen LogP contribution in [0.5, 0.6) is 0 Å². The lowest BCUT2D eigenvalue weighted by Gasteiger charge is -2.18. The highest BCUT2D eigenvalue weighted by Crippen LogP contribution is 2.19. The molecule has 1 unspecified atom stereocenters. The number of imidazole rings is 1. The zero-order chi connectivity index (χ0) is 14.2. The molecule has 0 amide bonds. The first kappa shape index (κ1) is 14.8. The summed E-state index contributed by atoms with van der Waals surface area (Å²) in [4.78, 5) is 4.37. The van der Waals surface area contributed by atoms with Gasteiger partial charge in [-0.2, -0.15) is 0 Å². The molecule has 108 valence electrons. The lowest BCUT2D eigenvalue weighted by Crippen LogP contribution is -2.20. The Morgan fingerprint density at radius 2 is 2.00 bits per heavy atom. The largest absolute Gasteiger partial charge is 0.338 e. The number of hydrogen-bond donors (Lipinski definition) is 1. The van der Waals surface area contributed by atoms with Gasteiger partial charge in [0.15, 0.2) is 0 Å². The van der Waals surface area contributed by atoms with Crippen LogP contribution in [0.15, 0.2) is 42.7 Å². The monoisotopic (exact) mass is 271 g/mol. The Kier molecular flexibility index (Phi) is 5.81. The molecule has 0 aliphatic heterocycles. The van der Waals surface area contributed by atoms with Crippen LogP contribution in [-0.4, -0.2) is 16.1 Å². The molecule has 2 aromatic rings. The van der Waals surface area contributed by atoms with Gasteiger partial charge in [0.05, 0.1) is 0 Å². The Bertz CT molecular complexity index is 490. The van der Waals surface area contributed by atoms with Crippen LogP contribution in [0, 0.1) is 0 Å². The number of rotatable bonds is 8. The molecule has 1 N–H and O–H groups in total. The van der Waals surface area contributed by atoms with Crippen molar-refractivity contribution in [3.05, 3.63) is 54.1 Å². The first-order valence-corrected chi connectivity index (χ1v) is 7.55. The van der Waals surface area contributed by atoms with E-state index in [0.717, 1.165) is 13.0 Å². The van der Waals surface area contributed by atoms with Gasteiger partial charge in [0.25, 0.3) is 0 Å². The van der Waals surface area contributed by atoms with Crippen molar-refractivity contribution >= 4 is 0 Å². The molecule has 20 heavy (non-hydrogen) atoms. The topological polar surface area (TPSA) is 29.9 Å². The van der Waals surface area contributed by atoms with Crippen LogP contribution in [0.1, 0.15) is 43.6 Å². The molecular weight excluding hydrogens is 246 g/mol. The quantitative estimate of drug-likeness (QED) is 0.745. The second kappa shape index (κ2) is 7.85. The lowest BCUT2D eigenvalue weighted by molar-refractivity contribution is 0.485. The third-order valence-electron chi connectivity index (χ3n) is 3.72. The second-order valence-electron chi connectivity index (χ2n) is 5.22. The number of benzene rings is 1. The molecule has 0 spiro atoms. The number of aromatic nitrogens is 2. The number of nitrogens with zero attached hydrogens (tertiary/aromatic N) is 2. The summed E-state index contributed by atoms with van der Waals surface area (Å²) in [5, 5.41) is 3.58. The Balaban J connectivity index is 1.79. The Labute approximate surface area is 122 Å². The van der Waals surface area contributed by atoms with E-state index in [1.54, 1.807) is 0 Å². The molecule has 3 nitrogen and oxygen atoms in total. The minimum Gasteiger partial charge on any atom is -0.338 e. The van der Waals surface area contributed by atoms with Crippen LogP contribution in [0.2, 0.25) is 0 Å². The first-order chi connectivity index (χ1) is 9.81. The Hall–Kier alpha value is -1.61. The molecule has 0 saturated carbocycles. The van der Waals surface area contributed by atoms with Gasteiger partial charge in [-0.25, -0.2) is 4.98 Å². The van der Waals surface area contributed by atoms with Crippen molar-refractivity contribution in [2.75, 3.05) is 6.54 Å².